The Kier molecular flexibility index (Phi) is 3.50. The second-order valence-electron chi connectivity index (χ2n) is 5.29. The lowest BCUT2D eigenvalue weighted by Gasteiger charge is -2.28. The number of aliphatic carboxylic acids is 1. The van der Waals surface area contributed by atoms with Gasteiger partial charge in [0, 0.05) is 22.0 Å². The first-order chi connectivity index (χ1) is 9.49. The Morgan fingerprint density at radius 3 is 2.65 bits per heavy atom. The average Bonchev–Trinajstić information content (AvgIpc) is 3.13. The van der Waals surface area contributed by atoms with E-state index in [1.54, 1.807) is 17.0 Å². The quantitative estimate of drug-likeness (QED) is 0.902. The molecule has 1 aliphatic carbocycles. The van der Waals surface area contributed by atoms with Gasteiger partial charge in [-0.15, -0.1) is 0 Å². The number of carboxylic acids is 1. The van der Waals surface area contributed by atoms with E-state index in [-0.39, 0.29) is 18.4 Å². The molecule has 1 aliphatic heterocycles. The van der Waals surface area contributed by atoms with Crippen LogP contribution in [0.4, 0.5) is 0 Å². The molecule has 1 aromatic carbocycles. The summed E-state index contributed by atoms with van der Waals surface area (Å²) in [6.07, 6.45) is 1.95. The fourth-order valence-corrected chi connectivity index (χ4v) is 3.65. The zero-order chi connectivity index (χ0) is 14.4. The Hall–Kier alpha value is -1.07. The van der Waals surface area contributed by atoms with Gasteiger partial charge in [0.25, 0.3) is 0 Å². The minimum Gasteiger partial charge on any atom is -0.481 e. The molecule has 2 unspecified atom stereocenters. The molecule has 1 saturated carbocycles. The molecule has 4 nitrogen and oxygen atoms in total. The van der Waals surface area contributed by atoms with E-state index in [4.69, 9.17) is 11.6 Å². The maximum Gasteiger partial charge on any atom is 0.309 e. The van der Waals surface area contributed by atoms with Crippen molar-refractivity contribution in [1.29, 1.82) is 0 Å². The second-order valence-corrected chi connectivity index (χ2v) is 6.61. The van der Waals surface area contributed by atoms with Crippen molar-refractivity contribution in [3.05, 3.63) is 33.3 Å². The Morgan fingerprint density at radius 1 is 1.40 bits per heavy atom. The number of benzene rings is 1. The summed E-state index contributed by atoms with van der Waals surface area (Å²) in [6.45, 7) is 0. The molecule has 1 amide bonds. The highest BCUT2D eigenvalue weighted by Gasteiger charge is 2.50. The Labute approximate surface area is 129 Å². The van der Waals surface area contributed by atoms with Gasteiger partial charge < -0.3 is 10.0 Å². The number of amides is 1. The van der Waals surface area contributed by atoms with Crippen molar-refractivity contribution in [2.75, 3.05) is 0 Å². The van der Waals surface area contributed by atoms with Gasteiger partial charge in [0.05, 0.1) is 12.0 Å². The normalized spacial score (nSPS) is 26.1. The lowest BCUT2D eigenvalue weighted by atomic mass is 9.93. The first kappa shape index (κ1) is 13.9. The fraction of sp³-hybridized carbons (Fsp3) is 0.429. The number of nitrogens with zero attached hydrogens (tertiary/aromatic N) is 1. The van der Waals surface area contributed by atoms with E-state index in [2.05, 4.69) is 15.9 Å². The van der Waals surface area contributed by atoms with Gasteiger partial charge in [-0.25, -0.2) is 0 Å². The zero-order valence-electron chi connectivity index (χ0n) is 10.6. The van der Waals surface area contributed by atoms with Crippen LogP contribution in [0.25, 0.3) is 0 Å². The molecule has 2 aliphatic rings. The van der Waals surface area contributed by atoms with E-state index >= 15 is 0 Å². The molecule has 1 heterocycles. The monoisotopic (exact) mass is 357 g/mol. The molecular formula is C14H13BrClNO3. The number of likely N-dealkylation sites (tertiary alicyclic amines) is 1. The third-order valence-electron chi connectivity index (χ3n) is 3.90. The Morgan fingerprint density at radius 2 is 2.10 bits per heavy atom. The van der Waals surface area contributed by atoms with Crippen LogP contribution in [-0.2, 0) is 9.59 Å². The highest BCUT2D eigenvalue weighted by Crippen LogP contribution is 2.46. The van der Waals surface area contributed by atoms with Crippen molar-refractivity contribution in [2.24, 2.45) is 5.92 Å². The summed E-state index contributed by atoms with van der Waals surface area (Å²) in [5.74, 6) is -1.74. The van der Waals surface area contributed by atoms with Crippen LogP contribution in [0.3, 0.4) is 0 Å². The third-order valence-corrected chi connectivity index (χ3v) is 4.72. The van der Waals surface area contributed by atoms with Gasteiger partial charge >= 0.3 is 5.97 Å². The van der Waals surface area contributed by atoms with Crippen LogP contribution in [0.1, 0.15) is 30.9 Å². The van der Waals surface area contributed by atoms with Crippen molar-refractivity contribution < 1.29 is 14.7 Å². The second kappa shape index (κ2) is 5.04. The van der Waals surface area contributed by atoms with Gasteiger partial charge in [-0.05, 0) is 30.5 Å². The number of hydrogen-bond acceptors (Lipinski definition) is 2. The number of carbonyl (C=O) groups is 2. The van der Waals surface area contributed by atoms with Crippen molar-refractivity contribution in [1.82, 2.24) is 4.90 Å². The number of rotatable bonds is 3. The number of hydrogen-bond donors (Lipinski definition) is 1. The molecular weight excluding hydrogens is 346 g/mol. The van der Waals surface area contributed by atoms with Crippen LogP contribution in [-0.4, -0.2) is 27.9 Å². The van der Waals surface area contributed by atoms with E-state index in [0.29, 0.717) is 5.02 Å². The van der Waals surface area contributed by atoms with Gasteiger partial charge in [-0.1, -0.05) is 33.6 Å². The number of carboxylic acid groups (broad SMARTS) is 1. The van der Waals surface area contributed by atoms with Gasteiger partial charge in [0.15, 0.2) is 0 Å². The fourth-order valence-electron chi connectivity index (χ4n) is 2.87. The summed E-state index contributed by atoms with van der Waals surface area (Å²) >= 11 is 9.59. The summed E-state index contributed by atoms with van der Waals surface area (Å²) in [7, 11) is 0. The van der Waals surface area contributed by atoms with Gasteiger partial charge in [-0.3, -0.25) is 9.59 Å². The first-order valence-corrected chi connectivity index (χ1v) is 7.65. The maximum atomic E-state index is 12.1. The predicted molar refractivity (Wildman–Crippen MR) is 77.5 cm³/mol. The summed E-state index contributed by atoms with van der Waals surface area (Å²) < 4.78 is 0.834. The molecule has 106 valence electrons. The van der Waals surface area contributed by atoms with E-state index in [0.717, 1.165) is 22.9 Å². The van der Waals surface area contributed by atoms with Crippen LogP contribution >= 0.6 is 27.5 Å². The maximum absolute atomic E-state index is 12.1. The summed E-state index contributed by atoms with van der Waals surface area (Å²) in [5, 5.41) is 9.89. The lowest BCUT2D eigenvalue weighted by molar-refractivity contribution is -0.142. The van der Waals surface area contributed by atoms with Gasteiger partial charge in [0.1, 0.15) is 0 Å². The zero-order valence-corrected chi connectivity index (χ0v) is 12.9. The molecule has 20 heavy (non-hydrogen) atoms. The molecule has 1 N–H and O–H groups in total. The molecule has 3 rings (SSSR count). The lowest BCUT2D eigenvalue weighted by Crippen LogP contribution is -2.32. The van der Waals surface area contributed by atoms with E-state index in [1.165, 1.54) is 0 Å². The van der Waals surface area contributed by atoms with E-state index in [1.807, 2.05) is 6.07 Å². The van der Waals surface area contributed by atoms with Gasteiger partial charge in [0.2, 0.25) is 5.91 Å². The summed E-state index contributed by atoms with van der Waals surface area (Å²) in [6, 6.07) is 5.10. The Bertz CT molecular complexity index is 588. The minimum absolute atomic E-state index is 0.0584. The highest BCUT2D eigenvalue weighted by atomic mass is 79.9. The smallest absolute Gasteiger partial charge is 0.309 e. The van der Waals surface area contributed by atoms with Crippen LogP contribution < -0.4 is 0 Å². The Balaban J connectivity index is 2.05. The first-order valence-electron chi connectivity index (χ1n) is 6.48. The summed E-state index contributed by atoms with van der Waals surface area (Å²) in [5.41, 5.74) is 0.722. The molecule has 2 fully saturated rings. The summed E-state index contributed by atoms with van der Waals surface area (Å²) in [4.78, 5) is 25.3. The minimum atomic E-state index is -0.939. The van der Waals surface area contributed by atoms with Crippen LogP contribution in [0.15, 0.2) is 22.7 Å². The molecule has 1 aromatic rings. The van der Waals surface area contributed by atoms with Gasteiger partial charge in [-0.2, -0.15) is 0 Å². The molecule has 0 bridgehead atoms. The van der Waals surface area contributed by atoms with Crippen molar-refractivity contribution in [2.45, 2.75) is 31.3 Å². The largest absolute Gasteiger partial charge is 0.481 e. The molecule has 6 heteroatoms. The molecule has 0 radical (unpaired) electrons. The molecule has 0 spiro atoms. The predicted octanol–water partition coefficient (Wildman–Crippen LogP) is 3.24. The standard InChI is InChI=1S/C14H13BrClNO3/c15-7-1-4-9(11(16)5-7)13-10(14(19)20)6-12(18)17(13)8-2-3-8/h1,4-5,8,10,13H,2-3,6H2,(H,19,20). The van der Waals surface area contributed by atoms with E-state index < -0.39 is 17.9 Å². The molecule has 2 atom stereocenters. The topological polar surface area (TPSA) is 57.6 Å². The van der Waals surface area contributed by atoms with Crippen molar-refractivity contribution in [3.63, 3.8) is 0 Å². The number of halogens is 2. The number of carbonyl (C=O) groups excluding carboxylic acids is 1. The van der Waals surface area contributed by atoms with Crippen LogP contribution in [0.5, 0.6) is 0 Å². The SMILES string of the molecule is O=C(O)C1CC(=O)N(C2CC2)C1c1ccc(Br)cc1Cl. The molecule has 1 saturated heterocycles. The van der Waals surface area contributed by atoms with Crippen LogP contribution in [0.2, 0.25) is 5.02 Å². The third kappa shape index (κ3) is 2.33. The van der Waals surface area contributed by atoms with Crippen LogP contribution in [0, 0.1) is 5.92 Å². The van der Waals surface area contributed by atoms with Crippen molar-refractivity contribution in [3.8, 4) is 0 Å². The highest BCUT2D eigenvalue weighted by molar-refractivity contribution is 9.10. The molecule has 0 aromatic heterocycles. The average molecular weight is 359 g/mol. The van der Waals surface area contributed by atoms with E-state index in [9.17, 15) is 14.7 Å². The van der Waals surface area contributed by atoms with Crippen molar-refractivity contribution >= 4 is 39.4 Å².